The monoisotopic (exact) mass is 1090 g/mol. The van der Waals surface area contributed by atoms with Gasteiger partial charge in [0.1, 0.15) is 73.2 Å². The first-order valence-corrected chi connectivity index (χ1v) is 28.5. The molecule has 3 heterocycles. The number of amides is 1. The van der Waals surface area contributed by atoms with Crippen molar-refractivity contribution in [2.45, 2.75) is 266 Å². The summed E-state index contributed by atoms with van der Waals surface area (Å²) in [4.78, 5) is 13.2. The zero-order valence-corrected chi connectivity index (χ0v) is 45.5. The molecule has 0 aliphatic carbocycles. The number of carbonyl (C=O) groups excluding carboxylic acids is 1. The van der Waals surface area contributed by atoms with Crippen LogP contribution < -0.4 is 5.32 Å². The van der Waals surface area contributed by atoms with Crippen LogP contribution in [0.3, 0.4) is 0 Å². The maximum Gasteiger partial charge on any atom is 0.220 e. The van der Waals surface area contributed by atoms with Gasteiger partial charge >= 0.3 is 0 Å². The highest BCUT2D eigenvalue weighted by Crippen LogP contribution is 2.33. The molecule has 1 amide bonds. The van der Waals surface area contributed by atoms with E-state index in [1.807, 2.05) is 0 Å². The molecule has 12 N–H and O–H groups in total. The van der Waals surface area contributed by atoms with Crippen molar-refractivity contribution in [2.75, 3.05) is 26.4 Å². The lowest BCUT2D eigenvalue weighted by Crippen LogP contribution is -2.66. The zero-order valence-electron chi connectivity index (χ0n) is 45.5. The fourth-order valence-corrected chi connectivity index (χ4v) is 9.40. The van der Waals surface area contributed by atoms with Crippen LogP contribution in [-0.2, 0) is 33.2 Å². The Morgan fingerprint density at radius 2 is 0.908 bits per heavy atom. The summed E-state index contributed by atoms with van der Waals surface area (Å²) in [6.45, 7) is 1.56. The van der Waals surface area contributed by atoms with Crippen LogP contribution in [0.15, 0.2) is 60.8 Å². The van der Waals surface area contributed by atoms with Crippen LogP contribution in [0, 0.1) is 0 Å². The predicted octanol–water partition coefficient (Wildman–Crippen LogP) is 4.09. The Labute approximate surface area is 452 Å². The first-order valence-electron chi connectivity index (χ1n) is 28.5. The maximum absolute atomic E-state index is 13.2. The molecule has 0 bridgehead atoms. The predicted molar refractivity (Wildman–Crippen MR) is 286 cm³/mol. The molecule has 17 atom stereocenters. The summed E-state index contributed by atoms with van der Waals surface area (Å²) in [6, 6.07) is -0.889. The number of ether oxygens (including phenoxy) is 6. The SMILES string of the molecule is CC/C=C\C/C=C\C/C=C\C/C=C\C/C=C\CCCCCCCCCCCC(=O)NC(COC1OC(CO)C(OC2OC(CO)C(OC3OC(CO)C(O)C(O)C3O)C(O)C2O)C(O)C1O)C(O)CCCCCCCC. The Hall–Kier alpha value is -2.51. The molecule has 440 valence electrons. The van der Waals surface area contributed by atoms with Gasteiger partial charge in [0.2, 0.25) is 5.91 Å². The van der Waals surface area contributed by atoms with Gasteiger partial charge in [-0.3, -0.25) is 4.79 Å². The number of allylic oxidation sites excluding steroid dienone is 10. The number of rotatable bonds is 40. The van der Waals surface area contributed by atoms with E-state index < -0.39 is 124 Å². The molecule has 76 heavy (non-hydrogen) atoms. The Bertz CT molecular complexity index is 1630. The topological polar surface area (TPSA) is 307 Å². The first kappa shape index (κ1) is 67.8. The van der Waals surface area contributed by atoms with Gasteiger partial charge in [-0.2, -0.15) is 0 Å². The Morgan fingerprint density at radius 1 is 0.487 bits per heavy atom. The summed E-state index contributed by atoms with van der Waals surface area (Å²) in [6.07, 6.45) is 18.0. The van der Waals surface area contributed by atoms with Crippen molar-refractivity contribution in [1.82, 2.24) is 5.32 Å². The maximum atomic E-state index is 13.2. The molecule has 3 rings (SSSR count). The molecule has 17 unspecified atom stereocenters. The van der Waals surface area contributed by atoms with E-state index in [1.54, 1.807) is 0 Å². The van der Waals surface area contributed by atoms with E-state index in [1.165, 1.54) is 25.7 Å². The fourth-order valence-electron chi connectivity index (χ4n) is 9.40. The van der Waals surface area contributed by atoms with Crippen LogP contribution >= 0.6 is 0 Å². The minimum absolute atomic E-state index is 0.254. The fraction of sp³-hybridized carbons (Fsp3) is 0.807. The third kappa shape index (κ3) is 24.9. The molecule has 0 saturated carbocycles. The van der Waals surface area contributed by atoms with Crippen molar-refractivity contribution < 1.29 is 89.4 Å². The van der Waals surface area contributed by atoms with Crippen molar-refractivity contribution in [2.24, 2.45) is 0 Å². The average Bonchev–Trinajstić information content (AvgIpc) is 3.42. The summed E-state index contributed by atoms with van der Waals surface area (Å²) in [5, 5.41) is 120. The second kappa shape index (κ2) is 40.6. The third-order valence-corrected chi connectivity index (χ3v) is 14.1. The molecule has 0 radical (unpaired) electrons. The van der Waals surface area contributed by atoms with Gasteiger partial charge in [-0.25, -0.2) is 0 Å². The molecule has 3 fully saturated rings. The van der Waals surface area contributed by atoms with E-state index in [2.05, 4.69) is 79.9 Å². The van der Waals surface area contributed by atoms with E-state index in [0.29, 0.717) is 12.8 Å². The number of aliphatic hydroxyl groups excluding tert-OH is 11. The van der Waals surface area contributed by atoms with Crippen LogP contribution in [-0.4, -0.2) is 193 Å². The van der Waals surface area contributed by atoms with Gasteiger partial charge in [0.05, 0.1) is 38.6 Å². The number of unbranched alkanes of at least 4 members (excludes halogenated alkanes) is 14. The number of hydrogen-bond donors (Lipinski definition) is 12. The van der Waals surface area contributed by atoms with Crippen LogP contribution in [0.1, 0.15) is 162 Å². The molecule has 0 spiro atoms. The summed E-state index contributed by atoms with van der Waals surface area (Å²) < 4.78 is 34.1. The van der Waals surface area contributed by atoms with Crippen molar-refractivity contribution in [3.8, 4) is 0 Å². The molecule has 0 aromatic heterocycles. The normalized spacial score (nSPS) is 31.4. The molecule has 3 saturated heterocycles. The van der Waals surface area contributed by atoms with Crippen LogP contribution in [0.25, 0.3) is 0 Å². The van der Waals surface area contributed by atoms with Gasteiger partial charge in [-0.05, 0) is 57.8 Å². The number of nitrogens with one attached hydrogen (secondary N) is 1. The van der Waals surface area contributed by atoms with Gasteiger partial charge in [0.15, 0.2) is 18.9 Å². The Morgan fingerprint density at radius 3 is 1.42 bits per heavy atom. The van der Waals surface area contributed by atoms with Gasteiger partial charge < -0.3 is 89.9 Å². The lowest BCUT2D eigenvalue weighted by Gasteiger charge is -2.48. The van der Waals surface area contributed by atoms with Crippen molar-refractivity contribution in [3.05, 3.63) is 60.8 Å². The summed E-state index contributed by atoms with van der Waals surface area (Å²) in [7, 11) is 0. The summed E-state index contributed by atoms with van der Waals surface area (Å²) in [5.41, 5.74) is 0. The van der Waals surface area contributed by atoms with Gasteiger partial charge in [-0.1, -0.05) is 158 Å². The number of hydrogen-bond acceptors (Lipinski definition) is 18. The van der Waals surface area contributed by atoms with Crippen molar-refractivity contribution in [3.63, 3.8) is 0 Å². The van der Waals surface area contributed by atoms with Gasteiger partial charge in [0.25, 0.3) is 0 Å². The average molecular weight is 1090 g/mol. The highest BCUT2D eigenvalue weighted by Gasteiger charge is 2.53. The Kier molecular flexibility index (Phi) is 36.2. The van der Waals surface area contributed by atoms with Crippen LogP contribution in [0.4, 0.5) is 0 Å². The molecule has 19 heteroatoms. The standard InChI is InChI=1S/C57H99NO18/c1-3-5-7-9-11-12-13-14-15-16-17-18-19-20-21-22-23-24-25-26-27-28-29-31-33-35-45(63)58-40(41(62)34-32-30-10-8-6-4-2)39-71-55-51(69)48(66)53(43(37-60)73-55)76-57-52(70)49(67)54(44(38-61)74-57)75-56-50(68)47(65)46(64)42(36-59)72-56/h5,7,11-12,14-15,17-18,20-21,40-44,46-57,59-62,64-70H,3-4,6,8-10,13,16,19,22-39H2,1-2H3,(H,58,63)/b7-5-,12-11-,15-14-,18-17-,21-20-. The van der Waals surface area contributed by atoms with E-state index >= 15 is 0 Å². The van der Waals surface area contributed by atoms with E-state index in [9.17, 15) is 61.0 Å². The van der Waals surface area contributed by atoms with E-state index in [4.69, 9.17) is 28.4 Å². The molecule has 3 aliphatic heterocycles. The van der Waals surface area contributed by atoms with E-state index in [0.717, 1.165) is 103 Å². The number of carbonyl (C=O) groups is 1. The smallest absolute Gasteiger partial charge is 0.220 e. The second-order valence-corrected chi connectivity index (χ2v) is 20.4. The molecule has 19 nitrogen and oxygen atoms in total. The minimum atomic E-state index is -1.97. The zero-order chi connectivity index (χ0) is 55.5. The highest BCUT2D eigenvalue weighted by molar-refractivity contribution is 5.76. The van der Waals surface area contributed by atoms with E-state index in [-0.39, 0.29) is 18.9 Å². The largest absolute Gasteiger partial charge is 0.394 e. The van der Waals surface area contributed by atoms with Crippen LogP contribution in [0.5, 0.6) is 0 Å². The minimum Gasteiger partial charge on any atom is -0.394 e. The molecular weight excluding hydrogens is 987 g/mol. The lowest BCUT2D eigenvalue weighted by molar-refractivity contribution is -0.379. The van der Waals surface area contributed by atoms with Crippen molar-refractivity contribution in [1.29, 1.82) is 0 Å². The molecule has 0 aromatic rings. The molecule has 0 aromatic carbocycles. The Balaban J connectivity index is 1.41. The van der Waals surface area contributed by atoms with Gasteiger partial charge in [-0.15, -0.1) is 0 Å². The highest BCUT2D eigenvalue weighted by atomic mass is 16.8. The number of aliphatic hydroxyl groups is 11. The lowest BCUT2D eigenvalue weighted by atomic mass is 9.96. The van der Waals surface area contributed by atoms with Crippen LogP contribution in [0.2, 0.25) is 0 Å². The summed E-state index contributed by atoms with van der Waals surface area (Å²) in [5.74, 6) is -0.259. The summed E-state index contributed by atoms with van der Waals surface area (Å²) >= 11 is 0. The molecule has 3 aliphatic rings. The molecular formula is C57H99NO18. The van der Waals surface area contributed by atoms with Crippen molar-refractivity contribution >= 4 is 5.91 Å². The first-order chi connectivity index (χ1) is 36.8. The third-order valence-electron chi connectivity index (χ3n) is 14.1. The quantitative estimate of drug-likeness (QED) is 0.0304. The second-order valence-electron chi connectivity index (χ2n) is 20.4. The van der Waals surface area contributed by atoms with Gasteiger partial charge in [0, 0.05) is 6.42 Å².